The van der Waals surface area contributed by atoms with Crippen molar-refractivity contribution in [2.75, 3.05) is 11.5 Å². The Bertz CT molecular complexity index is 1350. The highest BCUT2D eigenvalue weighted by molar-refractivity contribution is 6.34. The van der Waals surface area contributed by atoms with Gasteiger partial charge in [-0.25, -0.2) is 18.5 Å². The van der Waals surface area contributed by atoms with Crippen molar-refractivity contribution in [2.24, 2.45) is 0 Å². The number of hydrogen-bond donors (Lipinski definition) is 0. The lowest BCUT2D eigenvalue weighted by Gasteiger charge is -2.14. The molecule has 9 heteroatoms. The van der Waals surface area contributed by atoms with E-state index in [-0.39, 0.29) is 22.3 Å². The number of carbonyl (C=O) groups is 4. The van der Waals surface area contributed by atoms with Crippen LogP contribution in [0.3, 0.4) is 0 Å². The molecule has 3 aromatic rings. The number of anilines is 1. The quantitative estimate of drug-likeness (QED) is 0.280. The number of halogens is 2. The number of fused-ring (bicyclic) bond motifs is 1. The van der Waals surface area contributed by atoms with Gasteiger partial charge in [-0.05, 0) is 74.5 Å². The van der Waals surface area contributed by atoms with Crippen molar-refractivity contribution in [3.8, 4) is 5.75 Å². The first-order valence-electron chi connectivity index (χ1n) is 10.7. The Morgan fingerprint density at radius 3 is 2.17 bits per heavy atom. The molecule has 1 aliphatic rings. The van der Waals surface area contributed by atoms with Gasteiger partial charge in [-0.2, -0.15) is 0 Å². The Balaban J connectivity index is 1.51. The molecule has 3 aromatic carbocycles. The van der Waals surface area contributed by atoms with Gasteiger partial charge in [0.25, 0.3) is 11.8 Å². The van der Waals surface area contributed by atoms with Crippen LogP contribution in [-0.2, 0) is 4.74 Å². The first-order chi connectivity index (χ1) is 16.7. The summed E-state index contributed by atoms with van der Waals surface area (Å²) in [6, 6.07) is 12.9. The van der Waals surface area contributed by atoms with E-state index in [1.54, 1.807) is 24.3 Å². The molecule has 178 valence electrons. The van der Waals surface area contributed by atoms with E-state index in [0.717, 1.165) is 23.1 Å². The second kappa shape index (κ2) is 9.46. The fourth-order valence-electron chi connectivity index (χ4n) is 3.63. The average molecular weight is 479 g/mol. The number of nitrogens with zero attached hydrogens (tertiary/aromatic N) is 1. The molecule has 0 spiro atoms. The fourth-order valence-corrected chi connectivity index (χ4v) is 3.63. The standard InChI is InChI=1S/C26H19F2NO6/c1-3-34-18-8-6-17(7-9-18)29-24(31)19-10-4-16(12-20(19)25(29)32)26(33)35-14(2)23(30)15-5-11-21(27)22(28)13-15/h4-14H,3H2,1-2H3. The van der Waals surface area contributed by atoms with E-state index in [9.17, 15) is 28.0 Å². The van der Waals surface area contributed by atoms with Crippen molar-refractivity contribution < 1.29 is 37.4 Å². The molecule has 0 saturated carbocycles. The highest BCUT2D eigenvalue weighted by atomic mass is 19.2. The van der Waals surface area contributed by atoms with Crippen LogP contribution in [0.25, 0.3) is 0 Å². The third-order valence-electron chi connectivity index (χ3n) is 5.39. The summed E-state index contributed by atoms with van der Waals surface area (Å²) in [5.41, 5.74) is 0.257. The Morgan fingerprint density at radius 2 is 1.51 bits per heavy atom. The smallest absolute Gasteiger partial charge is 0.338 e. The normalized spacial score (nSPS) is 13.4. The lowest BCUT2D eigenvalue weighted by atomic mass is 10.1. The first-order valence-corrected chi connectivity index (χ1v) is 10.7. The molecule has 35 heavy (non-hydrogen) atoms. The monoisotopic (exact) mass is 479 g/mol. The van der Waals surface area contributed by atoms with Gasteiger partial charge in [-0.1, -0.05) is 0 Å². The van der Waals surface area contributed by atoms with E-state index < -0.39 is 41.3 Å². The van der Waals surface area contributed by atoms with Crippen LogP contribution in [0.2, 0.25) is 0 Å². The van der Waals surface area contributed by atoms with E-state index in [0.29, 0.717) is 18.0 Å². The van der Waals surface area contributed by atoms with Crippen LogP contribution in [0.4, 0.5) is 14.5 Å². The van der Waals surface area contributed by atoms with Gasteiger partial charge >= 0.3 is 5.97 Å². The van der Waals surface area contributed by atoms with E-state index in [2.05, 4.69) is 0 Å². The van der Waals surface area contributed by atoms with Crippen LogP contribution < -0.4 is 9.64 Å². The zero-order chi connectivity index (χ0) is 25.3. The summed E-state index contributed by atoms with van der Waals surface area (Å²) in [5.74, 6) is -4.53. The van der Waals surface area contributed by atoms with Crippen LogP contribution in [0.5, 0.6) is 5.75 Å². The SMILES string of the molecule is CCOc1ccc(N2C(=O)c3ccc(C(=O)OC(C)C(=O)c4ccc(F)c(F)c4)cc3C2=O)cc1. The van der Waals surface area contributed by atoms with E-state index >= 15 is 0 Å². The maximum absolute atomic E-state index is 13.4. The molecule has 0 saturated heterocycles. The van der Waals surface area contributed by atoms with Crippen molar-refractivity contribution >= 4 is 29.3 Å². The van der Waals surface area contributed by atoms with Crippen LogP contribution >= 0.6 is 0 Å². The Kier molecular flexibility index (Phi) is 6.42. The second-order valence-electron chi connectivity index (χ2n) is 7.67. The van der Waals surface area contributed by atoms with Gasteiger partial charge in [-0.3, -0.25) is 14.4 Å². The fraction of sp³-hybridized carbons (Fsp3) is 0.154. The van der Waals surface area contributed by atoms with Gasteiger partial charge in [0.05, 0.1) is 29.0 Å². The van der Waals surface area contributed by atoms with Crippen molar-refractivity contribution in [1.82, 2.24) is 0 Å². The molecular weight excluding hydrogens is 460 g/mol. The summed E-state index contributed by atoms with van der Waals surface area (Å²) < 4.78 is 37.1. The molecule has 1 unspecified atom stereocenters. The Labute approximate surface area is 198 Å². The number of amides is 2. The summed E-state index contributed by atoms with van der Waals surface area (Å²) in [5, 5.41) is 0. The minimum absolute atomic E-state index is 0.0120. The number of benzene rings is 3. The molecular formula is C26H19F2NO6. The van der Waals surface area contributed by atoms with Gasteiger partial charge in [0, 0.05) is 5.56 Å². The maximum atomic E-state index is 13.4. The predicted octanol–water partition coefficient (Wildman–Crippen LogP) is 4.59. The third kappa shape index (κ3) is 4.52. The van der Waals surface area contributed by atoms with Gasteiger partial charge in [0.15, 0.2) is 17.7 Å². The molecule has 2 amide bonds. The van der Waals surface area contributed by atoms with Crippen molar-refractivity contribution in [3.05, 3.63) is 94.6 Å². The minimum Gasteiger partial charge on any atom is -0.494 e. The van der Waals surface area contributed by atoms with Crippen LogP contribution in [0.15, 0.2) is 60.7 Å². The largest absolute Gasteiger partial charge is 0.494 e. The number of ether oxygens (including phenoxy) is 2. The van der Waals surface area contributed by atoms with Crippen molar-refractivity contribution in [1.29, 1.82) is 0 Å². The molecule has 0 aromatic heterocycles. The summed E-state index contributed by atoms with van der Waals surface area (Å²) in [4.78, 5) is 51.9. The van der Waals surface area contributed by atoms with Gasteiger partial charge in [-0.15, -0.1) is 0 Å². The summed E-state index contributed by atoms with van der Waals surface area (Å²) in [7, 11) is 0. The number of rotatable bonds is 7. The summed E-state index contributed by atoms with van der Waals surface area (Å²) in [6.45, 7) is 3.59. The average Bonchev–Trinajstić information content (AvgIpc) is 3.10. The molecule has 1 atom stereocenters. The van der Waals surface area contributed by atoms with Gasteiger partial charge < -0.3 is 9.47 Å². The zero-order valence-corrected chi connectivity index (χ0v) is 18.7. The minimum atomic E-state index is -1.31. The van der Waals surface area contributed by atoms with E-state index in [4.69, 9.17) is 9.47 Å². The summed E-state index contributed by atoms with van der Waals surface area (Å²) in [6.07, 6.45) is -1.31. The number of imide groups is 1. The molecule has 7 nitrogen and oxygen atoms in total. The van der Waals surface area contributed by atoms with Crippen LogP contribution in [0.1, 0.15) is 55.3 Å². The number of Topliss-reactive ketones (excluding diaryl/α,β-unsaturated/α-hetero) is 1. The molecule has 0 radical (unpaired) electrons. The van der Waals surface area contributed by atoms with Crippen LogP contribution in [0, 0.1) is 11.6 Å². The molecule has 0 bridgehead atoms. The molecule has 0 aliphatic carbocycles. The first kappa shape index (κ1) is 23.7. The second-order valence-corrected chi connectivity index (χ2v) is 7.67. The Hall–Kier alpha value is -4.40. The molecule has 0 fully saturated rings. The topological polar surface area (TPSA) is 90.0 Å². The van der Waals surface area contributed by atoms with E-state index in [1.165, 1.54) is 25.1 Å². The molecule has 1 heterocycles. The zero-order valence-electron chi connectivity index (χ0n) is 18.7. The highest BCUT2D eigenvalue weighted by Gasteiger charge is 2.37. The summed E-state index contributed by atoms with van der Waals surface area (Å²) >= 11 is 0. The number of hydrogen-bond acceptors (Lipinski definition) is 6. The van der Waals surface area contributed by atoms with E-state index in [1.807, 2.05) is 6.92 Å². The number of esters is 1. The lowest BCUT2D eigenvalue weighted by molar-refractivity contribution is 0.0318. The Morgan fingerprint density at radius 1 is 0.857 bits per heavy atom. The number of ketones is 1. The predicted molar refractivity (Wildman–Crippen MR) is 121 cm³/mol. The third-order valence-corrected chi connectivity index (χ3v) is 5.39. The molecule has 0 N–H and O–H groups in total. The van der Waals surface area contributed by atoms with Crippen LogP contribution in [-0.4, -0.2) is 36.3 Å². The number of carbonyl (C=O) groups excluding carboxylic acids is 4. The highest BCUT2D eigenvalue weighted by Crippen LogP contribution is 2.30. The molecule has 1 aliphatic heterocycles. The lowest BCUT2D eigenvalue weighted by Crippen LogP contribution is -2.29. The van der Waals surface area contributed by atoms with Gasteiger partial charge in [0.1, 0.15) is 5.75 Å². The maximum Gasteiger partial charge on any atom is 0.338 e. The molecule has 4 rings (SSSR count). The van der Waals surface area contributed by atoms with Crippen molar-refractivity contribution in [3.63, 3.8) is 0 Å². The van der Waals surface area contributed by atoms with Gasteiger partial charge in [0.2, 0.25) is 5.78 Å². The van der Waals surface area contributed by atoms with Crippen molar-refractivity contribution in [2.45, 2.75) is 20.0 Å².